The van der Waals surface area contributed by atoms with E-state index in [0.29, 0.717) is 11.7 Å². The molecule has 0 fully saturated rings. The van der Waals surface area contributed by atoms with Gasteiger partial charge >= 0.3 is 0 Å². The van der Waals surface area contributed by atoms with Gasteiger partial charge in [0.2, 0.25) is 0 Å². The molecule has 0 heterocycles. The van der Waals surface area contributed by atoms with Gasteiger partial charge in [0.25, 0.3) is 0 Å². The molecule has 0 bridgehead atoms. The molecular weight excluding hydrogens is 100 g/mol. The number of hydrogen-bond donors (Lipinski definition) is 1. The lowest BCUT2D eigenvalue weighted by atomic mass is 10.1. The fraction of sp³-hybridized carbons (Fsp3) is 0.714. The second-order valence-corrected chi connectivity index (χ2v) is 2.42. The monoisotopic (exact) mass is 114 g/mol. The van der Waals surface area contributed by atoms with E-state index in [2.05, 4.69) is 13.8 Å². The van der Waals surface area contributed by atoms with Gasteiger partial charge in [-0.05, 0) is 25.3 Å². The highest BCUT2D eigenvalue weighted by atomic mass is 16.3. The van der Waals surface area contributed by atoms with E-state index in [-0.39, 0.29) is 0 Å². The standard InChI is InChI=1S/C7H14O/c1-5(2)6(3)7(4)8/h5,8H,1-4H3/b7-6-. The Morgan fingerprint density at radius 1 is 1.25 bits per heavy atom. The van der Waals surface area contributed by atoms with Gasteiger partial charge in [0.1, 0.15) is 0 Å². The minimum atomic E-state index is 0.458. The molecular formula is C7H14O. The maximum Gasteiger partial charge on any atom is 0.0883 e. The average Bonchev–Trinajstić information content (AvgIpc) is 1.64. The maximum absolute atomic E-state index is 8.87. The molecule has 0 aromatic heterocycles. The van der Waals surface area contributed by atoms with Crippen molar-refractivity contribution in [2.75, 3.05) is 0 Å². The number of hydrogen-bond acceptors (Lipinski definition) is 1. The quantitative estimate of drug-likeness (QED) is 0.519. The summed E-state index contributed by atoms with van der Waals surface area (Å²) < 4.78 is 0. The Balaban J connectivity index is 4.00. The molecule has 0 atom stereocenters. The molecule has 0 amide bonds. The zero-order valence-corrected chi connectivity index (χ0v) is 6.02. The Morgan fingerprint density at radius 3 is 1.62 bits per heavy atom. The van der Waals surface area contributed by atoms with Crippen molar-refractivity contribution < 1.29 is 5.11 Å². The van der Waals surface area contributed by atoms with Gasteiger partial charge in [-0.2, -0.15) is 0 Å². The highest BCUT2D eigenvalue weighted by molar-refractivity contribution is 5.03. The minimum absolute atomic E-state index is 0.458. The van der Waals surface area contributed by atoms with E-state index in [1.54, 1.807) is 6.92 Å². The van der Waals surface area contributed by atoms with Gasteiger partial charge in [0.05, 0.1) is 5.76 Å². The summed E-state index contributed by atoms with van der Waals surface area (Å²) >= 11 is 0. The van der Waals surface area contributed by atoms with Crippen LogP contribution in [0.5, 0.6) is 0 Å². The van der Waals surface area contributed by atoms with E-state index >= 15 is 0 Å². The van der Waals surface area contributed by atoms with Crippen molar-refractivity contribution in [3.63, 3.8) is 0 Å². The number of allylic oxidation sites excluding steroid dienone is 2. The summed E-state index contributed by atoms with van der Waals surface area (Å²) in [5.74, 6) is 0.931. The van der Waals surface area contributed by atoms with Crippen molar-refractivity contribution in [2.45, 2.75) is 27.7 Å². The molecule has 0 rings (SSSR count). The summed E-state index contributed by atoms with van der Waals surface area (Å²) in [6, 6.07) is 0. The third kappa shape index (κ3) is 2.01. The predicted molar refractivity (Wildman–Crippen MR) is 35.8 cm³/mol. The van der Waals surface area contributed by atoms with Gasteiger partial charge in [-0.3, -0.25) is 0 Å². The highest BCUT2D eigenvalue weighted by Crippen LogP contribution is 2.10. The first kappa shape index (κ1) is 7.54. The Hall–Kier alpha value is -0.460. The van der Waals surface area contributed by atoms with Crippen molar-refractivity contribution in [3.05, 3.63) is 11.3 Å². The summed E-state index contributed by atoms with van der Waals surface area (Å²) in [6.07, 6.45) is 0. The lowest BCUT2D eigenvalue weighted by Gasteiger charge is -2.04. The summed E-state index contributed by atoms with van der Waals surface area (Å²) in [5.41, 5.74) is 1.07. The third-order valence-corrected chi connectivity index (χ3v) is 1.44. The molecule has 0 spiro atoms. The summed E-state index contributed by atoms with van der Waals surface area (Å²) in [6.45, 7) is 7.79. The van der Waals surface area contributed by atoms with Crippen LogP contribution in [0.4, 0.5) is 0 Å². The molecule has 0 saturated carbocycles. The first-order valence-corrected chi connectivity index (χ1v) is 2.92. The molecule has 48 valence electrons. The molecule has 1 nitrogen and oxygen atoms in total. The Kier molecular flexibility index (Phi) is 2.59. The molecule has 0 aliphatic carbocycles. The first-order valence-electron chi connectivity index (χ1n) is 2.92. The first-order chi connectivity index (χ1) is 3.55. The number of aliphatic hydroxyl groups excluding tert-OH is 1. The van der Waals surface area contributed by atoms with Crippen LogP contribution in [0, 0.1) is 5.92 Å². The molecule has 0 unspecified atom stereocenters. The van der Waals surface area contributed by atoms with E-state index in [0.717, 1.165) is 5.57 Å². The fourth-order valence-electron chi connectivity index (χ4n) is 0.418. The second-order valence-electron chi connectivity index (χ2n) is 2.42. The van der Waals surface area contributed by atoms with E-state index in [4.69, 9.17) is 5.11 Å². The van der Waals surface area contributed by atoms with Crippen molar-refractivity contribution in [1.29, 1.82) is 0 Å². The van der Waals surface area contributed by atoms with Gasteiger partial charge in [-0.1, -0.05) is 13.8 Å². The van der Waals surface area contributed by atoms with Crippen molar-refractivity contribution in [3.8, 4) is 0 Å². The largest absolute Gasteiger partial charge is 0.513 e. The highest BCUT2D eigenvalue weighted by Gasteiger charge is 1.97. The topological polar surface area (TPSA) is 20.2 Å². The molecule has 1 N–H and O–H groups in total. The third-order valence-electron chi connectivity index (χ3n) is 1.44. The van der Waals surface area contributed by atoms with Gasteiger partial charge in [0.15, 0.2) is 0 Å². The van der Waals surface area contributed by atoms with Gasteiger partial charge in [0, 0.05) is 0 Å². The van der Waals surface area contributed by atoms with E-state index in [9.17, 15) is 0 Å². The van der Waals surface area contributed by atoms with Crippen LogP contribution in [0.2, 0.25) is 0 Å². The van der Waals surface area contributed by atoms with Crippen LogP contribution in [-0.2, 0) is 0 Å². The van der Waals surface area contributed by atoms with Crippen LogP contribution >= 0.6 is 0 Å². The fourth-order valence-corrected chi connectivity index (χ4v) is 0.418. The van der Waals surface area contributed by atoms with E-state index in [1.807, 2.05) is 6.92 Å². The van der Waals surface area contributed by atoms with Crippen molar-refractivity contribution in [1.82, 2.24) is 0 Å². The zero-order valence-electron chi connectivity index (χ0n) is 6.02. The van der Waals surface area contributed by atoms with Crippen LogP contribution in [0.1, 0.15) is 27.7 Å². The molecule has 8 heavy (non-hydrogen) atoms. The van der Waals surface area contributed by atoms with Crippen LogP contribution in [-0.4, -0.2) is 5.11 Å². The van der Waals surface area contributed by atoms with Crippen molar-refractivity contribution in [2.24, 2.45) is 5.92 Å². The minimum Gasteiger partial charge on any atom is -0.513 e. The molecule has 0 aromatic carbocycles. The van der Waals surface area contributed by atoms with Gasteiger partial charge in [-0.15, -0.1) is 0 Å². The molecule has 0 radical (unpaired) electrons. The lowest BCUT2D eigenvalue weighted by Crippen LogP contribution is -1.91. The number of aliphatic hydroxyl groups is 1. The Bertz CT molecular complexity index is 97.0. The maximum atomic E-state index is 8.87. The molecule has 0 aliphatic heterocycles. The van der Waals surface area contributed by atoms with Crippen LogP contribution in [0.25, 0.3) is 0 Å². The number of rotatable bonds is 1. The average molecular weight is 114 g/mol. The van der Waals surface area contributed by atoms with Gasteiger partial charge < -0.3 is 5.11 Å². The molecule has 1 heteroatoms. The molecule has 0 aliphatic rings. The van der Waals surface area contributed by atoms with Gasteiger partial charge in [-0.25, -0.2) is 0 Å². The summed E-state index contributed by atoms with van der Waals surface area (Å²) in [5, 5.41) is 8.87. The summed E-state index contributed by atoms with van der Waals surface area (Å²) in [7, 11) is 0. The molecule has 0 aromatic rings. The van der Waals surface area contributed by atoms with Crippen LogP contribution < -0.4 is 0 Å². The van der Waals surface area contributed by atoms with Crippen LogP contribution in [0.15, 0.2) is 11.3 Å². The SMILES string of the molecule is C/C(O)=C(\C)C(C)C. The van der Waals surface area contributed by atoms with Crippen LogP contribution in [0.3, 0.4) is 0 Å². The van der Waals surface area contributed by atoms with E-state index in [1.165, 1.54) is 0 Å². The normalized spacial score (nSPS) is 14.1. The molecule has 0 saturated heterocycles. The Labute approximate surface area is 51.0 Å². The lowest BCUT2D eigenvalue weighted by molar-refractivity contribution is 0.399. The predicted octanol–water partition coefficient (Wildman–Crippen LogP) is 2.49. The van der Waals surface area contributed by atoms with Crippen molar-refractivity contribution >= 4 is 0 Å². The second kappa shape index (κ2) is 2.75. The van der Waals surface area contributed by atoms with E-state index < -0.39 is 0 Å². The zero-order chi connectivity index (χ0) is 6.73. The summed E-state index contributed by atoms with van der Waals surface area (Å²) in [4.78, 5) is 0. The smallest absolute Gasteiger partial charge is 0.0883 e. The Morgan fingerprint density at radius 2 is 1.62 bits per heavy atom.